The van der Waals surface area contributed by atoms with Crippen LogP contribution in [0.1, 0.15) is 48.1 Å². The van der Waals surface area contributed by atoms with Crippen LogP contribution in [0.25, 0.3) is 11.1 Å². The summed E-state index contributed by atoms with van der Waals surface area (Å²) in [4.78, 5) is 27.7. The predicted octanol–water partition coefficient (Wildman–Crippen LogP) is 3.71. The maximum absolute atomic E-state index is 14.2. The third-order valence-electron chi connectivity index (χ3n) is 5.68. The molecule has 0 atom stereocenters. The number of nitrogens with two attached hydrogens (primary N) is 1. The molecule has 8 nitrogen and oxygen atoms in total. The van der Waals surface area contributed by atoms with Gasteiger partial charge < -0.3 is 16.0 Å². The summed E-state index contributed by atoms with van der Waals surface area (Å²) in [6, 6.07) is 8.72. The number of anilines is 2. The SMILES string of the molecule is Cc1ncc(NC(=O)c2ccnc(C(C)(C)F)c2)cc1-c1cnc(N2CC(C)(N)C2)c(C#N)c1. The zero-order valence-corrected chi connectivity index (χ0v) is 19.6. The van der Waals surface area contributed by atoms with Crippen LogP contribution in [0.15, 0.2) is 42.9 Å². The first-order valence-corrected chi connectivity index (χ1v) is 10.8. The molecule has 0 bridgehead atoms. The lowest BCUT2D eigenvalue weighted by Gasteiger charge is -2.46. The summed E-state index contributed by atoms with van der Waals surface area (Å²) >= 11 is 0. The number of nitrogens with one attached hydrogen (secondary N) is 1. The molecular weight excluding hydrogens is 433 g/mol. The van der Waals surface area contributed by atoms with Crippen molar-refractivity contribution < 1.29 is 9.18 Å². The molecule has 1 aliphatic rings. The smallest absolute Gasteiger partial charge is 0.255 e. The van der Waals surface area contributed by atoms with Gasteiger partial charge in [0.1, 0.15) is 17.6 Å². The van der Waals surface area contributed by atoms with E-state index in [9.17, 15) is 14.4 Å². The average molecular weight is 460 g/mol. The van der Waals surface area contributed by atoms with E-state index in [1.165, 1.54) is 32.2 Å². The van der Waals surface area contributed by atoms with E-state index in [-0.39, 0.29) is 16.8 Å². The number of aromatic nitrogens is 3. The van der Waals surface area contributed by atoms with Crippen LogP contribution in [0.2, 0.25) is 0 Å². The third-order valence-corrected chi connectivity index (χ3v) is 5.68. The molecule has 0 aliphatic carbocycles. The molecular formula is C25H26FN7O. The molecule has 0 spiro atoms. The number of rotatable bonds is 5. The predicted molar refractivity (Wildman–Crippen MR) is 128 cm³/mol. The van der Waals surface area contributed by atoms with Crippen molar-refractivity contribution in [2.75, 3.05) is 23.3 Å². The number of pyridine rings is 3. The second-order valence-electron chi connectivity index (χ2n) is 9.43. The van der Waals surface area contributed by atoms with E-state index in [1.807, 2.05) is 18.7 Å². The molecule has 1 amide bonds. The Balaban J connectivity index is 1.59. The van der Waals surface area contributed by atoms with E-state index in [0.717, 1.165) is 11.3 Å². The molecule has 3 aromatic heterocycles. The molecule has 3 N–H and O–H groups in total. The molecule has 4 rings (SSSR count). The van der Waals surface area contributed by atoms with Gasteiger partial charge in [-0.15, -0.1) is 0 Å². The Morgan fingerprint density at radius 1 is 1.24 bits per heavy atom. The second kappa shape index (κ2) is 8.47. The number of amides is 1. The standard InChI is InChI=1S/C25H26FN7O/c1-15-20(18-7-17(10-27)22(31-11-18)33-13-25(4,28)14-33)9-19(12-30-15)32-23(34)16-5-6-29-21(8-16)24(2,3)26/h5-9,11-12H,13-14,28H2,1-4H3,(H,32,34). The van der Waals surface area contributed by atoms with E-state index in [0.29, 0.717) is 35.7 Å². The highest BCUT2D eigenvalue weighted by atomic mass is 19.1. The first-order chi connectivity index (χ1) is 16.0. The summed E-state index contributed by atoms with van der Waals surface area (Å²) in [6.45, 7) is 7.84. The Morgan fingerprint density at radius 3 is 2.62 bits per heavy atom. The topological polar surface area (TPSA) is 121 Å². The lowest BCUT2D eigenvalue weighted by Crippen LogP contribution is -2.66. The van der Waals surface area contributed by atoms with Crippen molar-refractivity contribution >= 4 is 17.4 Å². The Kier molecular flexibility index (Phi) is 5.79. The highest BCUT2D eigenvalue weighted by Crippen LogP contribution is 2.31. The number of nitriles is 1. The quantitative estimate of drug-likeness (QED) is 0.596. The normalized spacial score (nSPS) is 14.8. The zero-order chi connectivity index (χ0) is 24.7. The molecule has 1 fully saturated rings. The van der Waals surface area contributed by atoms with Crippen LogP contribution < -0.4 is 16.0 Å². The number of carbonyl (C=O) groups is 1. The van der Waals surface area contributed by atoms with Gasteiger partial charge in [0.2, 0.25) is 0 Å². The maximum Gasteiger partial charge on any atom is 0.255 e. The summed E-state index contributed by atoms with van der Waals surface area (Å²) in [6.07, 6.45) is 4.65. The molecule has 0 aromatic carbocycles. The maximum atomic E-state index is 14.2. The van der Waals surface area contributed by atoms with Gasteiger partial charge in [-0.25, -0.2) is 9.37 Å². The van der Waals surface area contributed by atoms with Gasteiger partial charge in [-0.1, -0.05) is 0 Å². The van der Waals surface area contributed by atoms with Gasteiger partial charge in [-0.2, -0.15) is 5.26 Å². The van der Waals surface area contributed by atoms with Gasteiger partial charge in [0, 0.05) is 53.4 Å². The highest BCUT2D eigenvalue weighted by Gasteiger charge is 2.36. The van der Waals surface area contributed by atoms with Gasteiger partial charge >= 0.3 is 0 Å². The van der Waals surface area contributed by atoms with E-state index >= 15 is 0 Å². The van der Waals surface area contributed by atoms with Gasteiger partial charge in [0.15, 0.2) is 0 Å². The van der Waals surface area contributed by atoms with Crippen molar-refractivity contribution in [1.82, 2.24) is 15.0 Å². The second-order valence-corrected chi connectivity index (χ2v) is 9.43. The number of alkyl halides is 1. The molecule has 0 unspecified atom stereocenters. The van der Waals surface area contributed by atoms with Crippen molar-refractivity contribution in [3.8, 4) is 17.2 Å². The fraction of sp³-hybridized carbons (Fsp3) is 0.320. The lowest BCUT2D eigenvalue weighted by molar-refractivity contribution is 0.102. The number of aryl methyl sites for hydroxylation is 1. The minimum absolute atomic E-state index is 0.176. The van der Waals surface area contributed by atoms with Crippen molar-refractivity contribution in [2.45, 2.75) is 38.9 Å². The molecule has 174 valence electrons. The molecule has 9 heteroatoms. The Labute approximate surface area is 197 Å². The molecule has 0 saturated carbocycles. The summed E-state index contributed by atoms with van der Waals surface area (Å²) in [5.74, 6) is 0.201. The van der Waals surface area contributed by atoms with Gasteiger partial charge in [-0.05, 0) is 52.0 Å². The third kappa shape index (κ3) is 4.72. The van der Waals surface area contributed by atoms with Crippen molar-refractivity contribution in [1.29, 1.82) is 5.26 Å². The monoisotopic (exact) mass is 459 g/mol. The van der Waals surface area contributed by atoms with Gasteiger partial charge in [0.25, 0.3) is 5.91 Å². The molecule has 1 saturated heterocycles. The minimum atomic E-state index is -1.66. The number of hydrogen-bond donors (Lipinski definition) is 2. The first kappa shape index (κ1) is 23.3. The fourth-order valence-corrected chi connectivity index (χ4v) is 3.91. The van der Waals surface area contributed by atoms with E-state index in [1.54, 1.807) is 24.5 Å². The first-order valence-electron chi connectivity index (χ1n) is 10.8. The molecule has 3 aromatic rings. The lowest BCUT2D eigenvalue weighted by atomic mass is 9.93. The zero-order valence-electron chi connectivity index (χ0n) is 19.6. The van der Waals surface area contributed by atoms with Crippen LogP contribution in [-0.4, -0.2) is 39.5 Å². The van der Waals surface area contributed by atoms with E-state index in [4.69, 9.17) is 5.73 Å². The summed E-state index contributed by atoms with van der Waals surface area (Å²) in [7, 11) is 0. The van der Waals surface area contributed by atoms with Crippen molar-refractivity contribution in [2.24, 2.45) is 5.73 Å². The van der Waals surface area contributed by atoms with Crippen LogP contribution >= 0.6 is 0 Å². The number of nitrogens with zero attached hydrogens (tertiary/aromatic N) is 5. The summed E-state index contributed by atoms with van der Waals surface area (Å²) in [5.41, 5.74) is 7.69. The van der Waals surface area contributed by atoms with Crippen LogP contribution in [0.3, 0.4) is 0 Å². The van der Waals surface area contributed by atoms with Crippen LogP contribution in [0.5, 0.6) is 0 Å². The van der Waals surface area contributed by atoms with Crippen molar-refractivity contribution in [3.05, 3.63) is 65.4 Å². The Morgan fingerprint density at radius 2 is 1.97 bits per heavy atom. The number of halogens is 1. The largest absolute Gasteiger partial charge is 0.352 e. The molecule has 0 radical (unpaired) electrons. The number of hydrogen-bond acceptors (Lipinski definition) is 7. The van der Waals surface area contributed by atoms with Gasteiger partial charge in [-0.3, -0.25) is 14.8 Å². The van der Waals surface area contributed by atoms with E-state index in [2.05, 4.69) is 26.3 Å². The van der Waals surface area contributed by atoms with Crippen LogP contribution in [0.4, 0.5) is 15.9 Å². The molecule has 1 aliphatic heterocycles. The van der Waals surface area contributed by atoms with Crippen molar-refractivity contribution in [3.63, 3.8) is 0 Å². The summed E-state index contributed by atoms with van der Waals surface area (Å²) < 4.78 is 14.2. The number of carbonyl (C=O) groups excluding carboxylic acids is 1. The van der Waals surface area contributed by atoms with E-state index < -0.39 is 11.6 Å². The molecule has 4 heterocycles. The highest BCUT2D eigenvalue weighted by molar-refractivity contribution is 6.04. The fourth-order valence-electron chi connectivity index (χ4n) is 3.91. The van der Waals surface area contributed by atoms with Crippen LogP contribution in [-0.2, 0) is 5.67 Å². The average Bonchev–Trinajstić information content (AvgIpc) is 2.77. The summed E-state index contributed by atoms with van der Waals surface area (Å²) in [5, 5.41) is 12.5. The molecule has 34 heavy (non-hydrogen) atoms. The Hall–Kier alpha value is -3.90. The Bertz CT molecular complexity index is 1300. The minimum Gasteiger partial charge on any atom is -0.352 e. The van der Waals surface area contributed by atoms with Gasteiger partial charge in [0.05, 0.1) is 23.1 Å². The van der Waals surface area contributed by atoms with Crippen LogP contribution in [0, 0.1) is 18.3 Å².